The monoisotopic (exact) mass is 773 g/mol. The summed E-state index contributed by atoms with van der Waals surface area (Å²) in [5.41, 5.74) is 0.642. The number of carboxylic acid groups (broad SMARTS) is 3. The van der Waals surface area contributed by atoms with Gasteiger partial charge in [0.25, 0.3) is 0 Å². The predicted molar refractivity (Wildman–Crippen MR) is 190 cm³/mol. The summed E-state index contributed by atoms with van der Waals surface area (Å²) in [4.78, 5) is 61.7. The zero-order valence-corrected chi connectivity index (χ0v) is 30.6. The highest BCUT2D eigenvalue weighted by atomic mass is 127. The van der Waals surface area contributed by atoms with Gasteiger partial charge in [0.15, 0.2) is 0 Å². The molecular weight excluding hydrogens is 717 g/mol. The van der Waals surface area contributed by atoms with Gasteiger partial charge in [-0.3, -0.25) is 19.2 Å². The summed E-state index contributed by atoms with van der Waals surface area (Å²) in [5, 5.41) is 31.9. The van der Waals surface area contributed by atoms with Crippen LogP contribution in [0.15, 0.2) is 24.3 Å². The molecule has 1 aromatic carbocycles. The average Bonchev–Trinajstić information content (AvgIpc) is 2.99. The van der Waals surface area contributed by atoms with Crippen molar-refractivity contribution in [3.63, 3.8) is 0 Å². The number of alkyl halides is 1. The number of hydrogen-bond donors (Lipinski definition) is 4. The van der Waals surface area contributed by atoms with Gasteiger partial charge in [0.1, 0.15) is 21.0 Å². The van der Waals surface area contributed by atoms with Crippen LogP contribution in [0.4, 0.5) is 0 Å². The van der Waals surface area contributed by atoms with Crippen molar-refractivity contribution in [2.45, 2.75) is 139 Å². The van der Waals surface area contributed by atoms with Crippen LogP contribution in [-0.2, 0) is 30.4 Å². The quantitative estimate of drug-likeness (QED) is 0.0381. The van der Waals surface area contributed by atoms with Crippen LogP contribution in [-0.4, -0.2) is 61.0 Å². The molecule has 0 aliphatic carbocycles. The summed E-state index contributed by atoms with van der Waals surface area (Å²) in [6.07, 6.45) is 11.7. The fourth-order valence-corrected chi connectivity index (χ4v) is 6.33. The molecule has 1 aromatic rings. The van der Waals surface area contributed by atoms with Crippen molar-refractivity contribution in [1.82, 2.24) is 5.32 Å². The van der Waals surface area contributed by atoms with Crippen molar-refractivity contribution in [2.75, 3.05) is 6.61 Å². The van der Waals surface area contributed by atoms with Crippen molar-refractivity contribution < 1.29 is 44.0 Å². The molecule has 0 saturated heterocycles. The third-order valence-corrected chi connectivity index (χ3v) is 9.93. The lowest BCUT2D eigenvalue weighted by Gasteiger charge is -2.31. The highest BCUT2D eigenvalue weighted by Crippen LogP contribution is 2.37. The van der Waals surface area contributed by atoms with E-state index in [2.05, 4.69) is 26.1 Å². The van der Waals surface area contributed by atoms with Gasteiger partial charge < -0.3 is 25.4 Å². The molecule has 47 heavy (non-hydrogen) atoms. The molecule has 0 spiro atoms. The summed E-state index contributed by atoms with van der Waals surface area (Å²) in [7, 11) is 0. The van der Waals surface area contributed by atoms with Gasteiger partial charge in [-0.25, -0.2) is 4.79 Å². The molecule has 0 aliphatic heterocycles. The zero-order chi connectivity index (χ0) is 35.2. The number of carboxylic acids is 3. The third kappa shape index (κ3) is 17.9. The Morgan fingerprint density at radius 1 is 0.809 bits per heavy atom. The number of ether oxygens (including phenoxy) is 1. The maximum Gasteiger partial charge on any atom is 0.326 e. The second-order valence-electron chi connectivity index (χ2n) is 12.9. The van der Waals surface area contributed by atoms with Crippen LogP contribution in [0.3, 0.4) is 0 Å². The lowest BCUT2D eigenvalue weighted by Crippen LogP contribution is -2.53. The van der Waals surface area contributed by atoms with Crippen molar-refractivity contribution >= 4 is 52.2 Å². The number of aliphatic carboxylic acids is 3. The van der Waals surface area contributed by atoms with Crippen LogP contribution in [0.1, 0.15) is 129 Å². The molecule has 1 amide bonds. The number of carbonyl (C=O) groups is 5. The number of Topliss-reactive ketones (excluding diaryl/α,β-unsaturated/α-hetero) is 1. The number of hydrogen-bond acceptors (Lipinski definition) is 6. The van der Waals surface area contributed by atoms with Crippen molar-refractivity contribution in [1.29, 1.82) is 0 Å². The van der Waals surface area contributed by atoms with E-state index in [-0.39, 0.29) is 12.8 Å². The minimum absolute atomic E-state index is 0.0400. The van der Waals surface area contributed by atoms with Crippen LogP contribution in [0, 0.1) is 11.8 Å². The smallest absolute Gasteiger partial charge is 0.326 e. The van der Waals surface area contributed by atoms with Gasteiger partial charge in [0.05, 0.1) is 18.9 Å². The molecule has 0 saturated carbocycles. The van der Waals surface area contributed by atoms with Crippen molar-refractivity contribution in [3.8, 4) is 5.75 Å². The second-order valence-corrected chi connectivity index (χ2v) is 14.9. The number of carbonyl (C=O) groups excluding carboxylic acids is 2. The Bertz CT molecular complexity index is 1110. The van der Waals surface area contributed by atoms with E-state index in [1.165, 1.54) is 41.9 Å². The maximum absolute atomic E-state index is 13.5. The van der Waals surface area contributed by atoms with Crippen molar-refractivity contribution in [3.05, 3.63) is 29.8 Å². The molecule has 3 atom stereocenters. The van der Waals surface area contributed by atoms with E-state index in [0.717, 1.165) is 44.9 Å². The molecule has 0 aromatic heterocycles. The Morgan fingerprint density at radius 3 is 1.87 bits per heavy atom. The summed E-state index contributed by atoms with van der Waals surface area (Å²) in [6, 6.07) is 5.58. The standard InChI is InChI=1S/C36H56INO9/c1-4-5-6-9-12-15-28(39)16-13-10-7-8-11-14-17-30(36(37,35(45)46)25-32(40)41)33(42)38-31(34(43)44)24-27-18-20-29(21-19-27)47-23-22-26(2)3/h18-21,26,30-31H,4-17,22-25H2,1-3H3,(H,38,42)(H,40,41)(H,43,44)(H,45,46)/t30-,31+,36+/m1/s1. The largest absolute Gasteiger partial charge is 0.494 e. The Morgan fingerprint density at radius 2 is 1.36 bits per heavy atom. The predicted octanol–water partition coefficient (Wildman–Crippen LogP) is 7.62. The second kappa shape index (κ2) is 23.6. The minimum atomic E-state index is -1.96. The van der Waals surface area contributed by atoms with Crippen LogP contribution in [0.2, 0.25) is 0 Å². The molecule has 0 radical (unpaired) electrons. The number of nitrogens with one attached hydrogen (secondary N) is 1. The Hall–Kier alpha value is -2.70. The highest BCUT2D eigenvalue weighted by Gasteiger charge is 2.49. The third-order valence-electron chi connectivity index (χ3n) is 8.33. The lowest BCUT2D eigenvalue weighted by molar-refractivity contribution is -0.150. The van der Waals surface area contributed by atoms with E-state index in [0.29, 0.717) is 55.3 Å². The van der Waals surface area contributed by atoms with E-state index in [4.69, 9.17) is 4.74 Å². The molecule has 1 rings (SSSR count). The fraction of sp³-hybridized carbons (Fsp3) is 0.694. The minimum Gasteiger partial charge on any atom is -0.494 e. The Labute approximate surface area is 293 Å². The molecule has 0 fully saturated rings. The average molecular weight is 774 g/mol. The van der Waals surface area contributed by atoms with Crippen LogP contribution in [0.5, 0.6) is 5.75 Å². The van der Waals surface area contributed by atoms with Crippen LogP contribution in [0.25, 0.3) is 0 Å². The fourth-order valence-electron chi connectivity index (χ4n) is 5.41. The van der Waals surface area contributed by atoms with E-state index in [9.17, 15) is 39.3 Å². The van der Waals surface area contributed by atoms with Gasteiger partial charge in [-0.05, 0) is 49.3 Å². The van der Waals surface area contributed by atoms with Gasteiger partial charge in [-0.1, -0.05) is 113 Å². The summed E-state index contributed by atoms with van der Waals surface area (Å²) in [6.45, 7) is 6.92. The van der Waals surface area contributed by atoms with Gasteiger partial charge in [0, 0.05) is 19.3 Å². The first kappa shape index (κ1) is 42.3. The first-order chi connectivity index (χ1) is 22.3. The molecule has 10 nitrogen and oxygen atoms in total. The van der Waals surface area contributed by atoms with Gasteiger partial charge in [-0.15, -0.1) is 0 Å². The van der Waals surface area contributed by atoms with E-state index < -0.39 is 45.6 Å². The van der Waals surface area contributed by atoms with Crippen molar-refractivity contribution in [2.24, 2.45) is 11.8 Å². The first-order valence-corrected chi connectivity index (χ1v) is 18.3. The number of amides is 1. The zero-order valence-electron chi connectivity index (χ0n) is 28.4. The Balaban J connectivity index is 2.75. The summed E-state index contributed by atoms with van der Waals surface area (Å²) in [5.74, 6) is -4.67. The molecular formula is C36H56INO9. The van der Waals surface area contributed by atoms with Gasteiger partial charge in [0.2, 0.25) is 5.91 Å². The SMILES string of the molecule is CCCCCCCC(=O)CCCCCCCC[C@H](C(=O)N[C@@H](Cc1ccc(OCCC(C)C)cc1)C(=O)O)[C@@](I)(CC(=O)O)C(=O)O. The molecule has 4 N–H and O–H groups in total. The molecule has 11 heteroatoms. The number of benzene rings is 1. The summed E-state index contributed by atoms with van der Waals surface area (Å²) >= 11 is 1.53. The van der Waals surface area contributed by atoms with E-state index >= 15 is 0 Å². The van der Waals surface area contributed by atoms with Gasteiger partial charge in [-0.2, -0.15) is 0 Å². The summed E-state index contributed by atoms with van der Waals surface area (Å²) < 4.78 is 3.76. The highest BCUT2D eigenvalue weighted by molar-refractivity contribution is 14.1. The van der Waals surface area contributed by atoms with E-state index in [1.807, 2.05) is 0 Å². The Kier molecular flexibility index (Phi) is 21.2. The van der Waals surface area contributed by atoms with E-state index in [1.54, 1.807) is 24.3 Å². The van der Waals surface area contributed by atoms with Crippen LogP contribution < -0.4 is 10.1 Å². The van der Waals surface area contributed by atoms with Crippen LogP contribution >= 0.6 is 22.6 Å². The number of halogens is 1. The topological polar surface area (TPSA) is 167 Å². The first-order valence-electron chi connectivity index (χ1n) is 17.2. The normalized spacial score (nSPS) is 13.8. The number of rotatable bonds is 28. The molecule has 0 unspecified atom stereocenters. The lowest BCUT2D eigenvalue weighted by atomic mass is 9.84. The number of ketones is 1. The number of unbranched alkanes of at least 4 members (excludes halogenated alkanes) is 9. The van der Waals surface area contributed by atoms with Gasteiger partial charge >= 0.3 is 17.9 Å². The molecule has 0 bridgehead atoms. The molecule has 0 aliphatic rings. The maximum atomic E-state index is 13.5. The molecule has 266 valence electrons. The molecule has 0 heterocycles.